The normalized spacial score (nSPS) is 12.4. The summed E-state index contributed by atoms with van der Waals surface area (Å²) in [7, 11) is 0. The molecule has 1 unspecified atom stereocenters. The van der Waals surface area contributed by atoms with Crippen LogP contribution in [0.25, 0.3) is 0 Å². The molecule has 0 amide bonds. The highest BCUT2D eigenvalue weighted by Gasteiger charge is 2.20. The van der Waals surface area contributed by atoms with Crippen molar-refractivity contribution in [1.82, 2.24) is 5.43 Å². The second kappa shape index (κ2) is 6.61. The van der Waals surface area contributed by atoms with Crippen LogP contribution in [0.4, 0.5) is 0 Å². The molecule has 0 bridgehead atoms. The van der Waals surface area contributed by atoms with Crippen molar-refractivity contribution in [2.75, 3.05) is 6.61 Å². The SMILES string of the molecule is CCCOc1ccccc1C(NN)c1ccc(Cl)o1. The molecule has 2 rings (SSSR count). The molecule has 0 radical (unpaired) electrons. The summed E-state index contributed by atoms with van der Waals surface area (Å²) in [4.78, 5) is 0. The smallest absolute Gasteiger partial charge is 0.193 e. The predicted octanol–water partition coefficient (Wildman–Crippen LogP) is 3.27. The summed E-state index contributed by atoms with van der Waals surface area (Å²) >= 11 is 5.81. The number of halogens is 1. The van der Waals surface area contributed by atoms with E-state index in [1.165, 1.54) is 0 Å². The molecule has 5 heteroatoms. The maximum absolute atomic E-state index is 5.81. The number of rotatable bonds is 6. The third kappa shape index (κ3) is 3.29. The first-order valence-electron chi connectivity index (χ1n) is 6.19. The van der Waals surface area contributed by atoms with Gasteiger partial charge >= 0.3 is 0 Å². The van der Waals surface area contributed by atoms with Crippen LogP contribution in [0.2, 0.25) is 5.22 Å². The zero-order valence-corrected chi connectivity index (χ0v) is 11.5. The van der Waals surface area contributed by atoms with Gasteiger partial charge in [0.2, 0.25) is 0 Å². The molecule has 1 aromatic heterocycles. The number of furan rings is 1. The standard InChI is InChI=1S/C14H17ClN2O2/c1-2-9-18-11-6-4-3-5-10(11)14(17-16)12-7-8-13(15)19-12/h3-8,14,17H,2,9,16H2,1H3. The Morgan fingerprint density at radius 2 is 2.11 bits per heavy atom. The van der Waals surface area contributed by atoms with E-state index >= 15 is 0 Å². The second-order valence-electron chi connectivity index (χ2n) is 4.13. The van der Waals surface area contributed by atoms with Crippen molar-refractivity contribution in [2.45, 2.75) is 19.4 Å². The quantitative estimate of drug-likeness (QED) is 0.630. The van der Waals surface area contributed by atoms with Crippen LogP contribution >= 0.6 is 11.6 Å². The average molecular weight is 281 g/mol. The molecule has 0 spiro atoms. The molecule has 0 aliphatic rings. The summed E-state index contributed by atoms with van der Waals surface area (Å²) in [5.41, 5.74) is 3.65. The lowest BCUT2D eigenvalue weighted by molar-refractivity contribution is 0.309. The summed E-state index contributed by atoms with van der Waals surface area (Å²) < 4.78 is 11.1. The summed E-state index contributed by atoms with van der Waals surface area (Å²) in [6.07, 6.45) is 0.946. The molecular weight excluding hydrogens is 264 g/mol. The van der Waals surface area contributed by atoms with E-state index in [2.05, 4.69) is 12.3 Å². The number of hydrogen-bond acceptors (Lipinski definition) is 4. The monoisotopic (exact) mass is 280 g/mol. The topological polar surface area (TPSA) is 60.4 Å². The highest BCUT2D eigenvalue weighted by Crippen LogP contribution is 2.31. The van der Waals surface area contributed by atoms with E-state index in [0.29, 0.717) is 17.6 Å². The second-order valence-corrected chi connectivity index (χ2v) is 4.50. The molecule has 102 valence electrons. The van der Waals surface area contributed by atoms with Gasteiger partial charge in [-0.3, -0.25) is 5.84 Å². The number of ether oxygens (including phenoxy) is 1. The van der Waals surface area contributed by atoms with Crippen LogP contribution in [0.3, 0.4) is 0 Å². The first kappa shape index (κ1) is 13.9. The van der Waals surface area contributed by atoms with Crippen LogP contribution in [0.1, 0.15) is 30.7 Å². The molecule has 19 heavy (non-hydrogen) atoms. The summed E-state index contributed by atoms with van der Waals surface area (Å²) in [5.74, 6) is 7.08. The van der Waals surface area contributed by atoms with Gasteiger partial charge in [-0.1, -0.05) is 25.1 Å². The van der Waals surface area contributed by atoms with Crippen LogP contribution in [0, 0.1) is 0 Å². The van der Waals surface area contributed by atoms with E-state index in [1.807, 2.05) is 24.3 Å². The molecule has 3 N–H and O–H groups in total. The van der Waals surface area contributed by atoms with Gasteiger partial charge < -0.3 is 9.15 Å². The maximum atomic E-state index is 5.81. The van der Waals surface area contributed by atoms with Crippen LogP contribution in [0.5, 0.6) is 5.75 Å². The number of para-hydroxylation sites is 1. The van der Waals surface area contributed by atoms with Crippen molar-refractivity contribution in [3.63, 3.8) is 0 Å². The third-order valence-electron chi connectivity index (χ3n) is 2.74. The lowest BCUT2D eigenvalue weighted by atomic mass is 10.0. The average Bonchev–Trinajstić information content (AvgIpc) is 2.85. The molecular formula is C14H17ClN2O2. The molecule has 0 fully saturated rings. The fourth-order valence-corrected chi connectivity index (χ4v) is 2.02. The molecule has 0 aliphatic heterocycles. The Morgan fingerprint density at radius 1 is 1.32 bits per heavy atom. The Kier molecular flexibility index (Phi) is 4.85. The van der Waals surface area contributed by atoms with Crippen molar-refractivity contribution >= 4 is 11.6 Å². The van der Waals surface area contributed by atoms with Crippen molar-refractivity contribution in [2.24, 2.45) is 5.84 Å². The Balaban J connectivity index is 2.32. The van der Waals surface area contributed by atoms with Crippen LogP contribution in [-0.2, 0) is 0 Å². The van der Waals surface area contributed by atoms with E-state index in [1.54, 1.807) is 12.1 Å². The van der Waals surface area contributed by atoms with Gasteiger partial charge in [0, 0.05) is 5.56 Å². The van der Waals surface area contributed by atoms with Crippen molar-refractivity contribution in [3.05, 3.63) is 52.9 Å². The molecule has 1 aromatic carbocycles. The Labute approximate surface area is 117 Å². The largest absolute Gasteiger partial charge is 0.493 e. The number of benzene rings is 1. The van der Waals surface area contributed by atoms with E-state index in [9.17, 15) is 0 Å². The van der Waals surface area contributed by atoms with E-state index in [0.717, 1.165) is 17.7 Å². The summed E-state index contributed by atoms with van der Waals surface area (Å²) in [6, 6.07) is 10.9. The summed E-state index contributed by atoms with van der Waals surface area (Å²) in [5, 5.41) is 0.335. The van der Waals surface area contributed by atoms with Gasteiger partial charge in [-0.05, 0) is 36.2 Å². The lowest BCUT2D eigenvalue weighted by Gasteiger charge is -2.18. The predicted molar refractivity (Wildman–Crippen MR) is 75.1 cm³/mol. The number of nitrogens with two attached hydrogens (primary N) is 1. The van der Waals surface area contributed by atoms with E-state index < -0.39 is 0 Å². The zero-order valence-electron chi connectivity index (χ0n) is 10.7. The lowest BCUT2D eigenvalue weighted by Crippen LogP contribution is -2.29. The Morgan fingerprint density at radius 3 is 2.74 bits per heavy atom. The molecule has 0 saturated carbocycles. The van der Waals surface area contributed by atoms with Gasteiger partial charge in [0.1, 0.15) is 17.6 Å². The first-order valence-corrected chi connectivity index (χ1v) is 6.57. The molecule has 4 nitrogen and oxygen atoms in total. The van der Waals surface area contributed by atoms with Crippen molar-refractivity contribution in [1.29, 1.82) is 0 Å². The molecule has 1 atom stereocenters. The highest BCUT2D eigenvalue weighted by atomic mass is 35.5. The van der Waals surface area contributed by atoms with Crippen LogP contribution in [0.15, 0.2) is 40.8 Å². The fourth-order valence-electron chi connectivity index (χ4n) is 1.87. The van der Waals surface area contributed by atoms with Crippen molar-refractivity contribution < 1.29 is 9.15 Å². The molecule has 0 aliphatic carbocycles. The minimum Gasteiger partial charge on any atom is -0.493 e. The minimum atomic E-state index is -0.291. The van der Waals surface area contributed by atoms with Gasteiger partial charge in [0.05, 0.1) is 6.61 Å². The number of hydrogen-bond donors (Lipinski definition) is 2. The molecule has 1 heterocycles. The third-order valence-corrected chi connectivity index (χ3v) is 2.94. The highest BCUT2D eigenvalue weighted by molar-refractivity contribution is 6.28. The summed E-state index contributed by atoms with van der Waals surface area (Å²) in [6.45, 7) is 2.72. The minimum absolute atomic E-state index is 0.291. The van der Waals surface area contributed by atoms with Crippen LogP contribution < -0.4 is 16.0 Å². The van der Waals surface area contributed by atoms with E-state index in [-0.39, 0.29) is 6.04 Å². The van der Waals surface area contributed by atoms with Crippen LogP contribution in [-0.4, -0.2) is 6.61 Å². The molecule has 2 aromatic rings. The fraction of sp³-hybridized carbons (Fsp3) is 0.286. The van der Waals surface area contributed by atoms with Gasteiger partial charge in [-0.15, -0.1) is 0 Å². The van der Waals surface area contributed by atoms with Crippen molar-refractivity contribution in [3.8, 4) is 5.75 Å². The maximum Gasteiger partial charge on any atom is 0.193 e. The molecule has 0 saturated heterocycles. The zero-order chi connectivity index (χ0) is 13.7. The van der Waals surface area contributed by atoms with Gasteiger partial charge in [0.15, 0.2) is 5.22 Å². The van der Waals surface area contributed by atoms with Gasteiger partial charge in [0.25, 0.3) is 0 Å². The van der Waals surface area contributed by atoms with Gasteiger partial charge in [-0.25, -0.2) is 5.43 Å². The van der Waals surface area contributed by atoms with E-state index in [4.69, 9.17) is 26.6 Å². The number of nitrogens with one attached hydrogen (secondary N) is 1. The van der Waals surface area contributed by atoms with Gasteiger partial charge in [-0.2, -0.15) is 0 Å². The first-order chi connectivity index (χ1) is 9.26. The number of hydrazine groups is 1. The Bertz CT molecular complexity index is 528. The Hall–Kier alpha value is -1.49.